The van der Waals surface area contributed by atoms with Crippen molar-refractivity contribution in [2.45, 2.75) is 17.2 Å². The van der Waals surface area contributed by atoms with Crippen LogP contribution in [-0.4, -0.2) is 23.5 Å². The van der Waals surface area contributed by atoms with Crippen molar-refractivity contribution in [3.05, 3.63) is 71.8 Å². The molecule has 0 unspecified atom stereocenters. The van der Waals surface area contributed by atoms with Crippen LogP contribution in [0.4, 0.5) is 26.3 Å². The highest BCUT2D eigenvalue weighted by Crippen LogP contribution is 2.36. The Morgan fingerprint density at radius 1 is 0.743 bits per heavy atom. The zero-order chi connectivity index (χ0) is 25.6. The van der Waals surface area contributed by atoms with E-state index in [2.05, 4.69) is 15.1 Å². The van der Waals surface area contributed by atoms with Crippen molar-refractivity contribution in [1.82, 2.24) is 15.1 Å². The number of rotatable bonds is 4. The van der Waals surface area contributed by atoms with Crippen molar-refractivity contribution in [2.24, 2.45) is 5.14 Å². The topological polar surface area (TPSA) is 112 Å². The van der Waals surface area contributed by atoms with Crippen LogP contribution in [0.5, 0.6) is 0 Å². The Morgan fingerprint density at radius 2 is 1.37 bits per heavy atom. The van der Waals surface area contributed by atoms with Crippen LogP contribution in [-0.2, 0) is 22.4 Å². The number of pyridine rings is 1. The van der Waals surface area contributed by atoms with E-state index in [1.54, 1.807) is 0 Å². The first kappa shape index (κ1) is 24.3. The summed E-state index contributed by atoms with van der Waals surface area (Å²) in [6.07, 6.45) is -9.43. The molecule has 2 aromatic heterocycles. The van der Waals surface area contributed by atoms with Gasteiger partial charge in [0.25, 0.3) is 5.89 Å². The van der Waals surface area contributed by atoms with Crippen LogP contribution < -0.4 is 5.14 Å². The summed E-state index contributed by atoms with van der Waals surface area (Å²) in [5.74, 6) is -0.582. The van der Waals surface area contributed by atoms with Crippen LogP contribution in [0.1, 0.15) is 11.1 Å². The van der Waals surface area contributed by atoms with Crippen LogP contribution in [0.2, 0.25) is 0 Å². The first-order valence-electron chi connectivity index (χ1n) is 9.46. The largest absolute Gasteiger partial charge is 0.416 e. The average molecular weight is 514 g/mol. The molecule has 35 heavy (non-hydrogen) atoms. The Balaban J connectivity index is 1.78. The Labute approximate surface area is 193 Å². The molecule has 0 atom stereocenters. The summed E-state index contributed by atoms with van der Waals surface area (Å²) >= 11 is 0. The predicted molar refractivity (Wildman–Crippen MR) is 110 cm³/mol. The monoisotopic (exact) mass is 514 g/mol. The van der Waals surface area contributed by atoms with E-state index in [-0.39, 0.29) is 27.5 Å². The smallest absolute Gasteiger partial charge is 0.332 e. The molecule has 0 spiro atoms. The van der Waals surface area contributed by atoms with E-state index in [1.807, 2.05) is 0 Å². The lowest BCUT2D eigenvalue weighted by atomic mass is 10.1. The Morgan fingerprint density at radius 3 is 1.97 bits per heavy atom. The van der Waals surface area contributed by atoms with E-state index in [1.165, 1.54) is 18.2 Å². The molecule has 182 valence electrons. The number of hydrogen-bond acceptors (Lipinski definition) is 6. The second kappa shape index (κ2) is 8.46. The highest BCUT2D eigenvalue weighted by molar-refractivity contribution is 7.89. The van der Waals surface area contributed by atoms with Crippen molar-refractivity contribution in [3.63, 3.8) is 0 Å². The normalized spacial score (nSPS) is 12.7. The molecule has 0 saturated carbocycles. The van der Waals surface area contributed by atoms with Crippen LogP contribution in [0, 0.1) is 0 Å². The lowest BCUT2D eigenvalue weighted by Gasteiger charge is -2.11. The molecule has 0 aliphatic rings. The van der Waals surface area contributed by atoms with Crippen molar-refractivity contribution < 1.29 is 39.3 Å². The number of halogens is 6. The van der Waals surface area contributed by atoms with Gasteiger partial charge in [-0.25, -0.2) is 18.5 Å². The van der Waals surface area contributed by atoms with Crippen LogP contribution in [0.25, 0.3) is 34.2 Å². The summed E-state index contributed by atoms with van der Waals surface area (Å²) in [4.78, 5) is 7.79. The third-order valence-corrected chi connectivity index (χ3v) is 5.64. The fourth-order valence-corrected chi connectivity index (χ4v) is 3.60. The quantitative estimate of drug-likeness (QED) is 0.377. The first-order valence-corrected chi connectivity index (χ1v) is 11.0. The SMILES string of the molecule is NS(=O)(=O)c1cccc(-c2noc(-c3cc(C(F)(F)F)cc(-c4ccc(C(F)(F)F)cc4)n3)n2)c1. The van der Waals surface area contributed by atoms with Crippen LogP contribution >= 0.6 is 0 Å². The van der Waals surface area contributed by atoms with Gasteiger partial charge in [0.15, 0.2) is 0 Å². The van der Waals surface area contributed by atoms with Crippen LogP contribution in [0.3, 0.4) is 0 Å². The zero-order valence-electron chi connectivity index (χ0n) is 17.1. The third kappa shape index (κ3) is 5.33. The maximum atomic E-state index is 13.5. The van der Waals surface area contributed by atoms with Gasteiger partial charge in [0.05, 0.1) is 21.7 Å². The second-order valence-electron chi connectivity index (χ2n) is 7.20. The number of benzene rings is 2. The molecule has 4 rings (SSSR count). The fraction of sp³-hybridized carbons (Fsp3) is 0.0952. The van der Waals surface area contributed by atoms with E-state index < -0.39 is 45.1 Å². The maximum absolute atomic E-state index is 13.5. The van der Waals surface area contributed by atoms with Gasteiger partial charge in [0.2, 0.25) is 15.8 Å². The Kier molecular flexibility index (Phi) is 5.89. The minimum Gasteiger partial charge on any atom is -0.332 e. The molecule has 0 aliphatic heterocycles. The van der Waals surface area contributed by atoms with Gasteiger partial charge in [-0.3, -0.25) is 0 Å². The van der Waals surface area contributed by atoms with Crippen LogP contribution in [0.15, 0.2) is 70.1 Å². The maximum Gasteiger partial charge on any atom is 0.416 e. The first-order chi connectivity index (χ1) is 16.2. The molecule has 2 heterocycles. The summed E-state index contributed by atoms with van der Waals surface area (Å²) in [5.41, 5.74) is -2.65. The van der Waals surface area contributed by atoms with E-state index in [0.29, 0.717) is 12.1 Å². The molecule has 0 radical (unpaired) electrons. The van der Waals surface area contributed by atoms with Gasteiger partial charge in [-0.15, -0.1) is 0 Å². The van der Waals surface area contributed by atoms with Gasteiger partial charge >= 0.3 is 12.4 Å². The molecular formula is C21H12F6N4O3S. The van der Waals surface area contributed by atoms with E-state index in [9.17, 15) is 34.8 Å². The van der Waals surface area contributed by atoms with E-state index in [4.69, 9.17) is 9.66 Å². The zero-order valence-corrected chi connectivity index (χ0v) is 17.9. The molecule has 7 nitrogen and oxygen atoms in total. The standard InChI is InChI=1S/C21H12F6N4O3S/c22-20(23,24)13-6-4-11(5-7-13)16-9-14(21(25,26)27)10-17(29-16)19-30-18(31-34-19)12-2-1-3-15(8-12)35(28,32)33/h1-10H,(H2,28,32,33). The lowest BCUT2D eigenvalue weighted by Crippen LogP contribution is -2.11. The lowest BCUT2D eigenvalue weighted by molar-refractivity contribution is -0.138. The highest BCUT2D eigenvalue weighted by atomic mass is 32.2. The number of nitrogens with two attached hydrogens (primary N) is 1. The number of nitrogens with zero attached hydrogens (tertiary/aromatic N) is 3. The Bertz CT molecular complexity index is 1500. The van der Waals surface area contributed by atoms with Gasteiger partial charge in [-0.1, -0.05) is 29.4 Å². The number of aromatic nitrogens is 3. The summed E-state index contributed by atoms with van der Waals surface area (Å²) in [6, 6.07) is 9.92. The molecule has 0 bridgehead atoms. The van der Waals surface area contributed by atoms with Gasteiger partial charge < -0.3 is 4.52 Å². The highest BCUT2D eigenvalue weighted by Gasteiger charge is 2.33. The fourth-order valence-electron chi connectivity index (χ4n) is 3.04. The molecule has 14 heteroatoms. The molecule has 0 fully saturated rings. The van der Waals surface area contributed by atoms with E-state index >= 15 is 0 Å². The molecule has 2 aromatic carbocycles. The average Bonchev–Trinajstić information content (AvgIpc) is 3.28. The summed E-state index contributed by atoms with van der Waals surface area (Å²) in [6.45, 7) is 0. The number of sulfonamides is 1. The molecular weight excluding hydrogens is 502 g/mol. The molecule has 0 amide bonds. The van der Waals surface area contributed by atoms with Gasteiger partial charge in [-0.05, 0) is 36.4 Å². The number of primary sulfonamides is 1. The van der Waals surface area contributed by atoms with Gasteiger partial charge in [0, 0.05) is 11.1 Å². The summed E-state index contributed by atoms with van der Waals surface area (Å²) in [5, 5.41) is 8.74. The molecule has 4 aromatic rings. The molecule has 2 N–H and O–H groups in total. The van der Waals surface area contributed by atoms with Crippen molar-refractivity contribution in [2.75, 3.05) is 0 Å². The number of alkyl halides is 6. The second-order valence-corrected chi connectivity index (χ2v) is 8.76. The molecule has 0 saturated heterocycles. The van der Waals surface area contributed by atoms with Crippen molar-refractivity contribution >= 4 is 10.0 Å². The van der Waals surface area contributed by atoms with E-state index in [0.717, 1.165) is 30.3 Å². The third-order valence-electron chi connectivity index (χ3n) is 4.73. The number of hydrogen-bond donors (Lipinski definition) is 1. The van der Waals surface area contributed by atoms with Gasteiger partial charge in [0.1, 0.15) is 5.69 Å². The van der Waals surface area contributed by atoms with Crippen molar-refractivity contribution in [3.8, 4) is 34.2 Å². The minimum atomic E-state index is -4.81. The minimum absolute atomic E-state index is 0.00839. The summed E-state index contributed by atoms with van der Waals surface area (Å²) in [7, 11) is -4.04. The van der Waals surface area contributed by atoms with Gasteiger partial charge in [-0.2, -0.15) is 31.3 Å². The van der Waals surface area contributed by atoms with Crippen molar-refractivity contribution in [1.29, 1.82) is 0 Å². The Hall–Kier alpha value is -3.78. The molecule has 0 aliphatic carbocycles. The predicted octanol–water partition coefficient (Wildman–Crippen LogP) is 5.15. The summed E-state index contributed by atoms with van der Waals surface area (Å²) < 4.78 is 107.